The molecule has 0 bridgehead atoms. The first-order chi connectivity index (χ1) is 4.13. The predicted octanol–water partition coefficient (Wildman–Crippen LogP) is 3.99. The molecule has 0 saturated carbocycles. The molecule has 1 aromatic carbocycles. The molecule has 0 saturated heterocycles. The zero-order valence-electron chi connectivity index (χ0n) is 10.1. The molecule has 0 heterocycles. The van der Waals surface area contributed by atoms with Crippen LogP contribution in [-0.2, 0) is 26.2 Å². The van der Waals surface area contributed by atoms with Crippen LogP contribution >= 0.6 is 0 Å². The molecule has 0 unspecified atom stereocenters. The summed E-state index contributed by atoms with van der Waals surface area (Å²) >= 11 is 0. The molecule has 0 spiro atoms. The van der Waals surface area contributed by atoms with Gasteiger partial charge in [0.2, 0.25) is 0 Å². The molecule has 0 fully saturated rings. The smallest absolute Gasteiger partial charge is 0.358 e. The summed E-state index contributed by atoms with van der Waals surface area (Å²) in [6.45, 7) is 8.68. The van der Waals surface area contributed by atoms with Gasteiger partial charge < -0.3 is 22.3 Å². The number of hydrogen-bond acceptors (Lipinski definition) is 0. The summed E-state index contributed by atoms with van der Waals surface area (Å²) in [4.78, 5) is 0. The quantitative estimate of drug-likeness (QED) is 0.617. The molecule has 13 heavy (non-hydrogen) atoms. The third kappa shape index (κ3) is 4.86. The minimum absolute atomic E-state index is 0. The van der Waals surface area contributed by atoms with Gasteiger partial charge in [0.25, 0.3) is 0 Å². The van der Waals surface area contributed by atoms with Gasteiger partial charge in [-0.3, -0.25) is 0 Å². The number of rotatable bonds is 0. The van der Waals surface area contributed by atoms with E-state index >= 15 is 0 Å². The van der Waals surface area contributed by atoms with E-state index in [9.17, 15) is 0 Å². The third-order valence-electron chi connectivity index (χ3n) is 2.18. The average molecular weight is 258 g/mol. The monoisotopic (exact) mass is 256 g/mol. The van der Waals surface area contributed by atoms with Crippen molar-refractivity contribution in [1.82, 2.24) is 0 Å². The van der Waals surface area contributed by atoms with Gasteiger partial charge in [-0.15, -0.1) is 0 Å². The van der Waals surface area contributed by atoms with E-state index < -0.39 is 0 Å². The Labute approximate surface area is 104 Å². The van der Waals surface area contributed by atoms with E-state index in [4.69, 9.17) is 0 Å². The van der Waals surface area contributed by atoms with E-state index in [2.05, 4.69) is 33.8 Å². The molecule has 1 heteroatoms. The number of hydrogen-bond donors (Lipinski definition) is 0. The van der Waals surface area contributed by atoms with Crippen molar-refractivity contribution >= 4 is 0 Å². The van der Waals surface area contributed by atoms with Crippen LogP contribution < -0.4 is 0 Å². The Hall–Kier alpha value is 0.233. The van der Waals surface area contributed by atoms with Crippen LogP contribution in [-0.4, -0.2) is 0 Å². The largest absolute Gasteiger partial charge is 4.00 e. The maximum absolute atomic E-state index is 2.24. The van der Waals surface area contributed by atoms with Crippen LogP contribution in [0.1, 0.15) is 22.3 Å². The second-order valence-corrected chi connectivity index (χ2v) is 2.76. The van der Waals surface area contributed by atoms with Crippen LogP contribution in [0.25, 0.3) is 0 Å². The van der Waals surface area contributed by atoms with Crippen molar-refractivity contribution in [2.45, 2.75) is 27.7 Å². The Kier molecular flexibility index (Phi) is 15.8. The van der Waals surface area contributed by atoms with E-state index in [0.717, 1.165) is 0 Å². The zero-order chi connectivity index (χ0) is 7.02. The Morgan fingerprint density at radius 3 is 1.00 bits per heavy atom. The zero-order valence-corrected chi connectivity index (χ0v) is 12.5. The summed E-state index contributed by atoms with van der Waals surface area (Å²) in [5.74, 6) is 0. The van der Waals surface area contributed by atoms with Crippen molar-refractivity contribution in [2.75, 3.05) is 0 Å². The molecule has 0 N–H and O–H groups in total. The summed E-state index contributed by atoms with van der Waals surface area (Å²) in [6, 6.07) is 2.24. The van der Waals surface area contributed by atoms with Crippen LogP contribution in [0.5, 0.6) is 0 Å². The molecule has 1 rings (SSSR count). The van der Waals surface area contributed by atoms with Crippen LogP contribution in [0.3, 0.4) is 0 Å². The molecule has 0 nitrogen and oxygen atoms in total. The molecule has 0 aliphatic carbocycles. The molecule has 1 aromatic rings. The molecular formula is C12H22Zr. The molecular weight excluding hydrogens is 235 g/mol. The van der Waals surface area contributed by atoms with Gasteiger partial charge in [0.1, 0.15) is 0 Å². The van der Waals surface area contributed by atoms with Gasteiger partial charge >= 0.3 is 26.2 Å². The maximum atomic E-state index is 2.24. The summed E-state index contributed by atoms with van der Waals surface area (Å²) < 4.78 is 0. The summed E-state index contributed by atoms with van der Waals surface area (Å²) in [6.07, 6.45) is 0. The molecule has 0 aliphatic rings. The van der Waals surface area contributed by atoms with E-state index in [-0.39, 0.29) is 48.5 Å². The molecule has 0 aromatic heterocycles. The van der Waals surface area contributed by atoms with Gasteiger partial charge in [0, 0.05) is 0 Å². The maximum Gasteiger partial charge on any atom is 4.00 e. The van der Waals surface area contributed by atoms with E-state index in [1.807, 2.05) is 0 Å². The van der Waals surface area contributed by atoms with Gasteiger partial charge in [0.15, 0.2) is 0 Å². The van der Waals surface area contributed by atoms with Gasteiger partial charge in [0.05, 0.1) is 0 Å². The van der Waals surface area contributed by atoms with Gasteiger partial charge in [-0.2, -0.15) is 28.3 Å². The van der Waals surface area contributed by atoms with Crippen LogP contribution in [0.4, 0.5) is 0 Å². The summed E-state index contributed by atoms with van der Waals surface area (Å²) in [7, 11) is 0. The van der Waals surface area contributed by atoms with Gasteiger partial charge in [-0.05, 0) is 0 Å². The van der Waals surface area contributed by atoms with Crippen molar-refractivity contribution in [3.05, 3.63) is 50.6 Å². The van der Waals surface area contributed by atoms with Crippen LogP contribution in [0.15, 0.2) is 6.07 Å². The second-order valence-electron chi connectivity index (χ2n) is 2.76. The molecule has 74 valence electrons. The fraction of sp³-hybridized carbons (Fsp3) is 0.333. The van der Waals surface area contributed by atoms with Crippen molar-refractivity contribution in [3.63, 3.8) is 0 Å². The Balaban J connectivity index is -0.000000101. The Bertz CT molecular complexity index is 199. The van der Waals surface area contributed by atoms with Crippen molar-refractivity contribution in [2.24, 2.45) is 0 Å². The number of aryl methyl sites for hydroxylation is 2. The van der Waals surface area contributed by atoms with Crippen molar-refractivity contribution in [1.29, 1.82) is 0 Å². The first-order valence-electron chi connectivity index (χ1n) is 3.33. The first-order valence-corrected chi connectivity index (χ1v) is 3.33. The second kappa shape index (κ2) is 8.81. The van der Waals surface area contributed by atoms with E-state index in [1.165, 1.54) is 22.3 Å². The average Bonchev–Trinajstić information content (AvgIpc) is 1.98. The Morgan fingerprint density at radius 1 is 0.692 bits per heavy atom. The summed E-state index contributed by atoms with van der Waals surface area (Å²) in [5, 5.41) is 0. The fourth-order valence-corrected chi connectivity index (χ4v) is 1.13. The minimum Gasteiger partial charge on any atom is -0.358 e. The van der Waals surface area contributed by atoms with Crippen LogP contribution in [0, 0.1) is 50.0 Å². The van der Waals surface area contributed by atoms with Gasteiger partial charge in [-0.1, -0.05) is 27.7 Å². The SMILES string of the molecule is Cc1[cH-]c(C)c(C)c1C.[CH3-].[CH3-].[CH3-].[Zr+4]. The predicted molar refractivity (Wildman–Crippen MR) is 60.2 cm³/mol. The molecule has 0 amide bonds. The topological polar surface area (TPSA) is 0 Å². The van der Waals surface area contributed by atoms with E-state index in [0.29, 0.717) is 0 Å². The molecule has 0 radical (unpaired) electrons. The standard InChI is InChI=1S/C9H13.3CH3.Zr/c1-6-5-7(2)9(4)8(6)3;;;;/h5H,1-4H3;3*1H3;/q4*-1;+4. The molecule has 0 aliphatic heterocycles. The minimum atomic E-state index is 0. The van der Waals surface area contributed by atoms with Gasteiger partial charge in [-0.25, -0.2) is 0 Å². The first kappa shape index (κ1) is 23.2. The third-order valence-corrected chi connectivity index (χ3v) is 2.18. The van der Waals surface area contributed by atoms with Crippen molar-refractivity contribution in [3.8, 4) is 0 Å². The normalized spacial score (nSPS) is 7.08. The molecule has 0 atom stereocenters. The fourth-order valence-electron chi connectivity index (χ4n) is 1.13. The van der Waals surface area contributed by atoms with Crippen LogP contribution in [0.2, 0.25) is 0 Å². The summed E-state index contributed by atoms with van der Waals surface area (Å²) in [5.41, 5.74) is 5.75. The van der Waals surface area contributed by atoms with E-state index in [1.54, 1.807) is 0 Å². The van der Waals surface area contributed by atoms with Crippen molar-refractivity contribution < 1.29 is 26.2 Å². The Morgan fingerprint density at radius 2 is 0.923 bits per heavy atom.